The highest BCUT2D eigenvalue weighted by molar-refractivity contribution is 5.98. The number of halogens is 2. The van der Waals surface area contributed by atoms with Gasteiger partial charge in [-0.1, -0.05) is 36.4 Å². The van der Waals surface area contributed by atoms with Gasteiger partial charge in [0.25, 0.3) is 5.91 Å². The molecule has 35 heavy (non-hydrogen) atoms. The van der Waals surface area contributed by atoms with Crippen LogP contribution in [-0.2, 0) is 38.1 Å². The lowest BCUT2D eigenvalue weighted by Crippen LogP contribution is -2.44. The molecule has 2 aromatic rings. The molecule has 0 aliphatic carbocycles. The largest absolute Gasteiger partial charge is 0.388 e. The third kappa shape index (κ3) is 6.09. The maximum atomic E-state index is 14.8. The molecular formula is C26H29F2N3O4. The van der Waals surface area contributed by atoms with Crippen LogP contribution in [0.15, 0.2) is 42.5 Å². The van der Waals surface area contributed by atoms with Crippen LogP contribution in [0.5, 0.6) is 0 Å². The number of anilines is 1. The summed E-state index contributed by atoms with van der Waals surface area (Å²) in [6.07, 6.45) is 1.93. The summed E-state index contributed by atoms with van der Waals surface area (Å²) in [5, 5.41) is 7.32. The molecule has 0 radical (unpaired) electrons. The van der Waals surface area contributed by atoms with E-state index in [1.807, 2.05) is 13.0 Å². The lowest BCUT2D eigenvalue weighted by molar-refractivity contribution is -0.147. The van der Waals surface area contributed by atoms with Crippen molar-refractivity contribution in [2.24, 2.45) is 11.8 Å². The minimum absolute atomic E-state index is 0.111. The van der Waals surface area contributed by atoms with Crippen LogP contribution < -0.4 is 16.0 Å². The summed E-state index contributed by atoms with van der Waals surface area (Å²) in [5.41, 5.74) is 2.13. The van der Waals surface area contributed by atoms with E-state index in [0.29, 0.717) is 18.4 Å². The van der Waals surface area contributed by atoms with Gasteiger partial charge in [0.2, 0.25) is 11.8 Å². The fourth-order valence-electron chi connectivity index (χ4n) is 4.40. The molecule has 0 bridgehead atoms. The molecule has 0 saturated carbocycles. The van der Waals surface area contributed by atoms with Gasteiger partial charge in [-0.25, -0.2) is 0 Å². The van der Waals surface area contributed by atoms with Gasteiger partial charge in [0.05, 0.1) is 5.56 Å². The van der Waals surface area contributed by atoms with Gasteiger partial charge in [0.1, 0.15) is 6.29 Å². The number of aldehydes is 1. The summed E-state index contributed by atoms with van der Waals surface area (Å²) < 4.78 is 29.6. The van der Waals surface area contributed by atoms with Crippen molar-refractivity contribution in [2.45, 2.75) is 45.1 Å². The molecule has 0 aromatic heterocycles. The van der Waals surface area contributed by atoms with E-state index in [-0.39, 0.29) is 42.8 Å². The van der Waals surface area contributed by atoms with Crippen molar-refractivity contribution >= 4 is 29.7 Å². The van der Waals surface area contributed by atoms with Crippen molar-refractivity contribution in [1.29, 1.82) is 0 Å². The lowest BCUT2D eigenvalue weighted by Gasteiger charge is -2.28. The highest BCUT2D eigenvalue weighted by atomic mass is 19.3. The molecule has 2 unspecified atom stereocenters. The molecule has 0 spiro atoms. The van der Waals surface area contributed by atoms with Crippen molar-refractivity contribution in [3.63, 3.8) is 0 Å². The number of piperidine rings is 1. The number of alkyl halides is 2. The second kappa shape index (κ2) is 11.2. The number of carbonyl (C=O) groups excluding carboxylic acids is 4. The molecule has 9 heteroatoms. The fraction of sp³-hybridized carbons (Fsp3) is 0.385. The SMILES string of the molecule is CNc1ccccc1C(F)(F)C(=O)NCc1ccc(C)c(CC(CC=O)C2CCC(=O)NC2=O)c1. The first kappa shape index (κ1) is 26.0. The maximum Gasteiger partial charge on any atom is 0.351 e. The highest BCUT2D eigenvalue weighted by Crippen LogP contribution is 2.34. The van der Waals surface area contributed by atoms with Gasteiger partial charge in [0, 0.05) is 38.0 Å². The molecule has 3 N–H and O–H groups in total. The molecule has 1 saturated heterocycles. The Bertz CT molecular complexity index is 1120. The van der Waals surface area contributed by atoms with E-state index in [2.05, 4.69) is 16.0 Å². The Morgan fingerprint density at radius 1 is 1.23 bits per heavy atom. The third-order valence-electron chi connectivity index (χ3n) is 6.42. The summed E-state index contributed by atoms with van der Waals surface area (Å²) in [5.74, 6) is -6.60. The number of para-hydroxylation sites is 1. The molecule has 1 aliphatic heterocycles. The molecule has 1 heterocycles. The Morgan fingerprint density at radius 3 is 2.66 bits per heavy atom. The van der Waals surface area contributed by atoms with E-state index in [4.69, 9.17) is 0 Å². The van der Waals surface area contributed by atoms with Crippen LogP contribution in [0.2, 0.25) is 0 Å². The Kier molecular flexibility index (Phi) is 8.32. The summed E-state index contributed by atoms with van der Waals surface area (Å²) in [4.78, 5) is 47.5. The average molecular weight is 486 g/mol. The normalized spacial score (nSPS) is 16.9. The molecule has 2 aromatic carbocycles. The Balaban J connectivity index is 1.73. The predicted octanol–water partition coefficient (Wildman–Crippen LogP) is 3.25. The summed E-state index contributed by atoms with van der Waals surface area (Å²) in [7, 11) is 1.51. The van der Waals surface area contributed by atoms with Crippen LogP contribution in [0.4, 0.5) is 14.5 Å². The van der Waals surface area contributed by atoms with Crippen molar-refractivity contribution < 1.29 is 28.0 Å². The van der Waals surface area contributed by atoms with Crippen molar-refractivity contribution in [1.82, 2.24) is 10.6 Å². The first-order chi connectivity index (χ1) is 16.7. The quantitative estimate of drug-likeness (QED) is 0.354. The number of rotatable bonds is 10. The number of imide groups is 1. The van der Waals surface area contributed by atoms with Gasteiger partial charge in [-0.3, -0.25) is 19.7 Å². The molecule has 3 amide bonds. The number of hydrogen-bond donors (Lipinski definition) is 3. The number of benzene rings is 2. The minimum atomic E-state index is -3.73. The molecular weight excluding hydrogens is 456 g/mol. The van der Waals surface area contributed by atoms with Gasteiger partial charge < -0.3 is 15.4 Å². The Morgan fingerprint density at radius 2 is 1.97 bits per heavy atom. The van der Waals surface area contributed by atoms with E-state index in [1.165, 1.54) is 25.2 Å². The average Bonchev–Trinajstić information content (AvgIpc) is 2.84. The minimum Gasteiger partial charge on any atom is -0.388 e. The topological polar surface area (TPSA) is 104 Å². The summed E-state index contributed by atoms with van der Waals surface area (Å²) in [6, 6.07) is 11.1. The molecule has 2 atom stereocenters. The second-order valence-electron chi connectivity index (χ2n) is 8.74. The smallest absolute Gasteiger partial charge is 0.351 e. The van der Waals surface area contributed by atoms with E-state index in [0.717, 1.165) is 17.4 Å². The zero-order valence-electron chi connectivity index (χ0n) is 19.7. The van der Waals surface area contributed by atoms with Crippen LogP contribution >= 0.6 is 0 Å². The van der Waals surface area contributed by atoms with E-state index in [9.17, 15) is 28.0 Å². The van der Waals surface area contributed by atoms with Crippen LogP contribution in [-0.4, -0.2) is 31.1 Å². The zero-order valence-corrected chi connectivity index (χ0v) is 19.7. The fourth-order valence-corrected chi connectivity index (χ4v) is 4.40. The zero-order chi connectivity index (χ0) is 25.6. The van der Waals surface area contributed by atoms with Gasteiger partial charge in [-0.15, -0.1) is 0 Å². The molecule has 1 fully saturated rings. The number of hydrogen-bond acceptors (Lipinski definition) is 5. The number of aryl methyl sites for hydroxylation is 1. The first-order valence-corrected chi connectivity index (χ1v) is 11.5. The van der Waals surface area contributed by atoms with Crippen LogP contribution in [0.3, 0.4) is 0 Å². The number of carbonyl (C=O) groups is 4. The monoisotopic (exact) mass is 485 g/mol. The second-order valence-corrected chi connectivity index (χ2v) is 8.74. The molecule has 3 rings (SSSR count). The highest BCUT2D eigenvalue weighted by Gasteiger charge is 2.42. The maximum absolute atomic E-state index is 14.8. The van der Waals surface area contributed by atoms with Crippen LogP contribution in [0.1, 0.15) is 41.5 Å². The van der Waals surface area contributed by atoms with Gasteiger partial charge in [-0.05, 0) is 48.4 Å². The van der Waals surface area contributed by atoms with E-state index < -0.39 is 23.3 Å². The molecule has 7 nitrogen and oxygen atoms in total. The molecule has 1 aliphatic rings. The van der Waals surface area contributed by atoms with Crippen LogP contribution in [0.25, 0.3) is 0 Å². The van der Waals surface area contributed by atoms with E-state index in [1.54, 1.807) is 18.2 Å². The number of nitrogens with one attached hydrogen (secondary N) is 3. The van der Waals surface area contributed by atoms with E-state index >= 15 is 0 Å². The predicted molar refractivity (Wildman–Crippen MR) is 127 cm³/mol. The van der Waals surface area contributed by atoms with Crippen molar-refractivity contribution in [2.75, 3.05) is 12.4 Å². The standard InChI is InChI=1S/C26H29F2N3O4/c1-16-7-8-17(15-30-25(35)26(27,28)21-5-3-4-6-22(21)29-2)13-19(16)14-18(11-12-32)20-9-10-23(33)31-24(20)34/h3-8,12-13,18,20,29H,9-11,14-15H2,1-2H3,(H,30,35)(H,31,33,34). The Labute approximate surface area is 202 Å². The number of amides is 3. The van der Waals surface area contributed by atoms with Gasteiger partial charge in [0.15, 0.2) is 0 Å². The van der Waals surface area contributed by atoms with Gasteiger partial charge >= 0.3 is 5.92 Å². The van der Waals surface area contributed by atoms with Crippen molar-refractivity contribution in [3.05, 3.63) is 64.7 Å². The third-order valence-corrected chi connectivity index (χ3v) is 6.42. The first-order valence-electron chi connectivity index (χ1n) is 11.5. The van der Waals surface area contributed by atoms with Crippen LogP contribution in [0, 0.1) is 18.8 Å². The Hall–Kier alpha value is -3.62. The summed E-state index contributed by atoms with van der Waals surface area (Å²) >= 11 is 0. The van der Waals surface area contributed by atoms with Crippen molar-refractivity contribution in [3.8, 4) is 0 Å². The molecule has 186 valence electrons. The van der Waals surface area contributed by atoms with Gasteiger partial charge in [-0.2, -0.15) is 8.78 Å². The summed E-state index contributed by atoms with van der Waals surface area (Å²) in [6.45, 7) is 1.77. The lowest BCUT2D eigenvalue weighted by atomic mass is 9.79.